The Kier molecular flexibility index (Phi) is 5.42. The highest BCUT2D eigenvalue weighted by molar-refractivity contribution is 5.18. The van der Waals surface area contributed by atoms with Gasteiger partial charge in [0.1, 0.15) is 0 Å². The molecule has 1 aromatic heterocycles. The summed E-state index contributed by atoms with van der Waals surface area (Å²) in [4.78, 5) is 12.2. The molecule has 1 rings (SSSR count). The second-order valence-corrected chi connectivity index (χ2v) is 4.66. The van der Waals surface area contributed by atoms with E-state index in [1.807, 2.05) is 17.6 Å². The lowest BCUT2D eigenvalue weighted by Crippen LogP contribution is -2.29. The van der Waals surface area contributed by atoms with Crippen LogP contribution in [0.2, 0.25) is 0 Å². The third kappa shape index (κ3) is 3.43. The van der Waals surface area contributed by atoms with Gasteiger partial charge in [0.05, 0.1) is 0 Å². The van der Waals surface area contributed by atoms with Crippen molar-refractivity contribution in [2.24, 2.45) is 0 Å². The summed E-state index contributed by atoms with van der Waals surface area (Å²) in [6.07, 6.45) is 1.09. The van der Waals surface area contributed by atoms with Gasteiger partial charge >= 0.3 is 0 Å². The molecular formula is C14H24N2O. The molecule has 3 heteroatoms. The Labute approximate surface area is 104 Å². The zero-order chi connectivity index (χ0) is 12.8. The summed E-state index contributed by atoms with van der Waals surface area (Å²) < 4.78 is 1.88. The minimum absolute atomic E-state index is 0.155. The van der Waals surface area contributed by atoms with E-state index in [9.17, 15) is 4.79 Å². The molecule has 3 nitrogen and oxygen atoms in total. The van der Waals surface area contributed by atoms with Crippen LogP contribution >= 0.6 is 0 Å². The number of hydrogen-bond donors (Lipinski definition) is 1. The summed E-state index contributed by atoms with van der Waals surface area (Å²) in [6, 6.07) is 4.05. The number of pyridine rings is 1. The Morgan fingerprint density at radius 2 is 2.00 bits per heavy atom. The van der Waals surface area contributed by atoms with Crippen molar-refractivity contribution in [2.45, 2.75) is 53.1 Å². The van der Waals surface area contributed by atoms with Gasteiger partial charge in [0, 0.05) is 24.3 Å². The van der Waals surface area contributed by atoms with Crippen molar-refractivity contribution >= 4 is 0 Å². The summed E-state index contributed by atoms with van der Waals surface area (Å²) >= 11 is 0. The van der Waals surface area contributed by atoms with Gasteiger partial charge in [-0.25, -0.2) is 0 Å². The van der Waals surface area contributed by atoms with Crippen LogP contribution in [0.3, 0.4) is 0 Å². The van der Waals surface area contributed by atoms with Crippen molar-refractivity contribution in [1.82, 2.24) is 9.88 Å². The standard InChI is InChI=1S/C14H24N2O/c1-5-9-15-10-12-7-8-13(11(3)4)16(6-2)14(12)17/h7-8,11,15H,5-6,9-10H2,1-4H3. The van der Waals surface area contributed by atoms with E-state index in [1.54, 1.807) is 0 Å². The van der Waals surface area contributed by atoms with Gasteiger partial charge in [0.15, 0.2) is 0 Å². The molecule has 0 saturated heterocycles. The molecule has 0 amide bonds. The van der Waals surface area contributed by atoms with Crippen LogP contribution in [-0.4, -0.2) is 11.1 Å². The monoisotopic (exact) mass is 236 g/mol. The zero-order valence-corrected chi connectivity index (χ0v) is 11.4. The van der Waals surface area contributed by atoms with Gasteiger partial charge in [-0.05, 0) is 31.9 Å². The van der Waals surface area contributed by atoms with Gasteiger partial charge in [-0.2, -0.15) is 0 Å². The maximum Gasteiger partial charge on any atom is 0.255 e. The zero-order valence-electron chi connectivity index (χ0n) is 11.4. The molecule has 0 fully saturated rings. The van der Waals surface area contributed by atoms with Crippen molar-refractivity contribution in [3.8, 4) is 0 Å². The average Bonchev–Trinajstić information content (AvgIpc) is 2.30. The minimum atomic E-state index is 0.155. The molecule has 0 unspecified atom stereocenters. The van der Waals surface area contributed by atoms with Gasteiger partial charge in [0.25, 0.3) is 5.56 Å². The van der Waals surface area contributed by atoms with Crippen molar-refractivity contribution < 1.29 is 0 Å². The van der Waals surface area contributed by atoms with E-state index in [4.69, 9.17) is 0 Å². The summed E-state index contributed by atoms with van der Waals surface area (Å²) in [5, 5.41) is 3.28. The van der Waals surface area contributed by atoms with E-state index in [-0.39, 0.29) is 5.56 Å². The second kappa shape index (κ2) is 6.60. The van der Waals surface area contributed by atoms with Crippen molar-refractivity contribution in [2.75, 3.05) is 6.54 Å². The molecule has 0 atom stereocenters. The first kappa shape index (κ1) is 14.0. The van der Waals surface area contributed by atoms with Crippen LogP contribution in [0.5, 0.6) is 0 Å². The highest BCUT2D eigenvalue weighted by atomic mass is 16.1. The smallest absolute Gasteiger partial charge is 0.255 e. The third-order valence-corrected chi connectivity index (χ3v) is 2.94. The van der Waals surface area contributed by atoms with Crippen LogP contribution in [-0.2, 0) is 13.1 Å². The fourth-order valence-corrected chi connectivity index (χ4v) is 2.00. The highest BCUT2D eigenvalue weighted by Gasteiger charge is 2.09. The maximum atomic E-state index is 12.2. The van der Waals surface area contributed by atoms with E-state index in [1.165, 1.54) is 0 Å². The van der Waals surface area contributed by atoms with Crippen molar-refractivity contribution in [3.63, 3.8) is 0 Å². The molecule has 0 saturated carbocycles. The fourth-order valence-electron chi connectivity index (χ4n) is 2.00. The van der Waals surface area contributed by atoms with Gasteiger partial charge in [-0.3, -0.25) is 4.79 Å². The largest absolute Gasteiger partial charge is 0.312 e. The number of nitrogens with one attached hydrogen (secondary N) is 1. The number of rotatable bonds is 6. The minimum Gasteiger partial charge on any atom is -0.312 e. The summed E-state index contributed by atoms with van der Waals surface area (Å²) in [5.41, 5.74) is 2.14. The van der Waals surface area contributed by atoms with E-state index in [0.717, 1.165) is 30.8 Å². The lowest BCUT2D eigenvalue weighted by Gasteiger charge is -2.15. The summed E-state index contributed by atoms with van der Waals surface area (Å²) in [6.45, 7) is 10.8. The van der Waals surface area contributed by atoms with Gasteiger partial charge < -0.3 is 9.88 Å². The first-order valence-electron chi connectivity index (χ1n) is 6.55. The van der Waals surface area contributed by atoms with Crippen LogP contribution < -0.4 is 10.9 Å². The molecule has 1 aromatic rings. The average molecular weight is 236 g/mol. The van der Waals surface area contributed by atoms with Crippen molar-refractivity contribution in [1.29, 1.82) is 0 Å². The van der Waals surface area contributed by atoms with E-state index < -0.39 is 0 Å². The Bertz CT molecular complexity index is 407. The molecule has 0 aliphatic carbocycles. The molecule has 0 aliphatic heterocycles. The van der Waals surface area contributed by atoms with Crippen LogP contribution in [0.25, 0.3) is 0 Å². The second-order valence-electron chi connectivity index (χ2n) is 4.66. The quantitative estimate of drug-likeness (QED) is 0.770. The van der Waals surface area contributed by atoms with Gasteiger partial charge in [-0.1, -0.05) is 26.8 Å². The normalized spacial score (nSPS) is 11.1. The van der Waals surface area contributed by atoms with Crippen LogP contribution in [0.4, 0.5) is 0 Å². The maximum absolute atomic E-state index is 12.2. The molecule has 17 heavy (non-hydrogen) atoms. The summed E-state index contributed by atoms with van der Waals surface area (Å²) in [7, 11) is 0. The number of nitrogens with zero attached hydrogens (tertiary/aromatic N) is 1. The molecule has 96 valence electrons. The van der Waals surface area contributed by atoms with Crippen LogP contribution in [0.1, 0.15) is 51.3 Å². The lowest BCUT2D eigenvalue weighted by atomic mass is 10.1. The molecule has 0 radical (unpaired) electrons. The fraction of sp³-hybridized carbons (Fsp3) is 0.643. The Morgan fingerprint density at radius 3 is 2.53 bits per heavy atom. The third-order valence-electron chi connectivity index (χ3n) is 2.94. The summed E-state index contributed by atoms with van der Waals surface area (Å²) in [5.74, 6) is 0.389. The Hall–Kier alpha value is -1.09. The molecule has 0 aliphatic rings. The molecule has 0 spiro atoms. The Balaban J connectivity index is 2.99. The van der Waals surface area contributed by atoms with E-state index in [0.29, 0.717) is 12.5 Å². The van der Waals surface area contributed by atoms with E-state index in [2.05, 4.69) is 32.2 Å². The predicted molar refractivity (Wildman–Crippen MR) is 72.5 cm³/mol. The molecule has 1 heterocycles. The molecule has 1 N–H and O–H groups in total. The van der Waals surface area contributed by atoms with Gasteiger partial charge in [-0.15, -0.1) is 0 Å². The van der Waals surface area contributed by atoms with E-state index >= 15 is 0 Å². The SMILES string of the molecule is CCCNCc1ccc(C(C)C)n(CC)c1=O. The molecule has 0 aromatic carbocycles. The topological polar surface area (TPSA) is 34.0 Å². The molecule has 0 bridgehead atoms. The number of aromatic nitrogens is 1. The van der Waals surface area contributed by atoms with Crippen LogP contribution in [0, 0.1) is 0 Å². The van der Waals surface area contributed by atoms with Crippen LogP contribution in [0.15, 0.2) is 16.9 Å². The first-order chi connectivity index (χ1) is 8.11. The molecular weight excluding hydrogens is 212 g/mol. The lowest BCUT2D eigenvalue weighted by molar-refractivity contribution is 0.615. The first-order valence-corrected chi connectivity index (χ1v) is 6.55. The predicted octanol–water partition coefficient (Wildman–Crippen LogP) is 2.49. The van der Waals surface area contributed by atoms with Crippen molar-refractivity contribution in [3.05, 3.63) is 33.7 Å². The van der Waals surface area contributed by atoms with Gasteiger partial charge in [0.2, 0.25) is 0 Å². The Morgan fingerprint density at radius 1 is 1.29 bits per heavy atom. The number of hydrogen-bond acceptors (Lipinski definition) is 2. The highest BCUT2D eigenvalue weighted by Crippen LogP contribution is 2.12.